The molecule has 0 aromatic carbocycles. The molecular weight excluding hydrogens is 202 g/mol. The summed E-state index contributed by atoms with van der Waals surface area (Å²) in [5.74, 6) is 5.86. The molecule has 0 heterocycles. The molecule has 0 aliphatic heterocycles. The fourth-order valence-electron chi connectivity index (χ4n) is 2.48. The van der Waals surface area contributed by atoms with Crippen LogP contribution in [0.3, 0.4) is 0 Å². The van der Waals surface area contributed by atoms with Gasteiger partial charge >= 0.3 is 0 Å². The third-order valence-electron chi connectivity index (χ3n) is 3.68. The van der Waals surface area contributed by atoms with Gasteiger partial charge in [-0.1, -0.05) is 6.92 Å². The number of rotatable bonds is 9. The Kier molecular flexibility index (Phi) is 4.83. The Balaban J connectivity index is 1.48. The summed E-state index contributed by atoms with van der Waals surface area (Å²) in [6, 6.07) is 0. The van der Waals surface area contributed by atoms with Crippen LogP contribution in [0, 0.1) is 17.8 Å². The van der Waals surface area contributed by atoms with Gasteiger partial charge in [0.2, 0.25) is 0 Å². The Morgan fingerprint density at radius 1 is 1.20 bits per heavy atom. The monoisotopic (exact) mass is 227 g/mol. The SMILES string of the molecule is CCSCCCNCC(C1CC1)C1CC1. The molecule has 0 aromatic rings. The zero-order chi connectivity index (χ0) is 10.5. The van der Waals surface area contributed by atoms with Crippen LogP contribution in [0.4, 0.5) is 0 Å². The minimum absolute atomic E-state index is 1.05. The summed E-state index contributed by atoms with van der Waals surface area (Å²) in [6.45, 7) is 4.80. The lowest BCUT2D eigenvalue weighted by Gasteiger charge is -2.16. The molecule has 88 valence electrons. The highest BCUT2D eigenvalue weighted by molar-refractivity contribution is 7.99. The summed E-state index contributed by atoms with van der Waals surface area (Å²) in [5, 5.41) is 3.67. The molecule has 0 unspecified atom stereocenters. The van der Waals surface area contributed by atoms with Crippen LogP contribution in [0.25, 0.3) is 0 Å². The maximum atomic E-state index is 3.67. The fourth-order valence-corrected chi connectivity index (χ4v) is 3.12. The first kappa shape index (κ1) is 11.8. The molecule has 0 radical (unpaired) electrons. The maximum absolute atomic E-state index is 3.67. The van der Waals surface area contributed by atoms with Crippen molar-refractivity contribution in [3.8, 4) is 0 Å². The molecule has 2 fully saturated rings. The zero-order valence-electron chi connectivity index (χ0n) is 10.0. The molecular formula is C13H25NS. The van der Waals surface area contributed by atoms with Crippen LogP contribution < -0.4 is 5.32 Å². The van der Waals surface area contributed by atoms with Gasteiger partial charge in [0.25, 0.3) is 0 Å². The second kappa shape index (κ2) is 6.15. The molecule has 2 heteroatoms. The Hall–Kier alpha value is 0.310. The van der Waals surface area contributed by atoms with E-state index in [9.17, 15) is 0 Å². The van der Waals surface area contributed by atoms with Crippen LogP contribution in [-0.4, -0.2) is 24.6 Å². The fraction of sp³-hybridized carbons (Fsp3) is 1.00. The van der Waals surface area contributed by atoms with Gasteiger partial charge < -0.3 is 5.32 Å². The first-order chi connectivity index (χ1) is 7.42. The van der Waals surface area contributed by atoms with Gasteiger partial charge in [0.15, 0.2) is 0 Å². The maximum Gasteiger partial charge on any atom is -0.00152 e. The van der Waals surface area contributed by atoms with Crippen molar-refractivity contribution >= 4 is 11.8 Å². The quantitative estimate of drug-likeness (QED) is 0.607. The molecule has 0 atom stereocenters. The predicted molar refractivity (Wildman–Crippen MR) is 69.4 cm³/mol. The molecule has 0 saturated heterocycles. The summed E-state index contributed by atoms with van der Waals surface area (Å²) in [4.78, 5) is 0. The highest BCUT2D eigenvalue weighted by Gasteiger charge is 2.40. The Morgan fingerprint density at radius 2 is 1.87 bits per heavy atom. The highest BCUT2D eigenvalue weighted by Crippen LogP contribution is 2.48. The highest BCUT2D eigenvalue weighted by atomic mass is 32.2. The molecule has 2 saturated carbocycles. The third-order valence-corrected chi connectivity index (χ3v) is 4.67. The van der Waals surface area contributed by atoms with Crippen molar-refractivity contribution in [1.82, 2.24) is 5.32 Å². The van der Waals surface area contributed by atoms with Crippen LogP contribution in [0.1, 0.15) is 39.0 Å². The molecule has 1 nitrogen and oxygen atoms in total. The van der Waals surface area contributed by atoms with E-state index in [0.29, 0.717) is 0 Å². The Morgan fingerprint density at radius 3 is 2.40 bits per heavy atom. The van der Waals surface area contributed by atoms with Crippen LogP contribution in [-0.2, 0) is 0 Å². The molecule has 0 amide bonds. The van der Waals surface area contributed by atoms with Crippen molar-refractivity contribution in [1.29, 1.82) is 0 Å². The van der Waals surface area contributed by atoms with Crippen molar-refractivity contribution in [2.24, 2.45) is 17.8 Å². The van der Waals surface area contributed by atoms with Gasteiger partial charge in [-0.2, -0.15) is 11.8 Å². The molecule has 2 aliphatic rings. The molecule has 2 rings (SSSR count). The van der Waals surface area contributed by atoms with Crippen molar-refractivity contribution in [2.75, 3.05) is 24.6 Å². The normalized spacial score (nSPS) is 21.2. The first-order valence-electron chi connectivity index (χ1n) is 6.70. The van der Waals surface area contributed by atoms with Crippen molar-refractivity contribution in [3.05, 3.63) is 0 Å². The molecule has 0 aromatic heterocycles. The largest absolute Gasteiger partial charge is 0.316 e. The van der Waals surface area contributed by atoms with Crippen molar-refractivity contribution in [2.45, 2.75) is 39.0 Å². The standard InChI is InChI=1S/C13H25NS/c1-2-15-9-3-8-14-10-13(11-4-5-11)12-6-7-12/h11-14H,2-10H2,1H3. The number of nitrogens with one attached hydrogen (secondary N) is 1. The zero-order valence-corrected chi connectivity index (χ0v) is 10.8. The van der Waals surface area contributed by atoms with Gasteiger partial charge in [-0.3, -0.25) is 0 Å². The van der Waals surface area contributed by atoms with E-state index < -0.39 is 0 Å². The summed E-state index contributed by atoms with van der Waals surface area (Å²) in [5.41, 5.74) is 0. The third kappa shape index (κ3) is 4.36. The second-order valence-corrected chi connectivity index (χ2v) is 6.49. The van der Waals surface area contributed by atoms with Gasteiger partial charge in [0.05, 0.1) is 0 Å². The van der Waals surface area contributed by atoms with E-state index >= 15 is 0 Å². The molecule has 1 N–H and O–H groups in total. The molecule has 0 spiro atoms. The lowest BCUT2D eigenvalue weighted by atomic mass is 9.98. The van der Waals surface area contributed by atoms with Crippen molar-refractivity contribution < 1.29 is 0 Å². The summed E-state index contributed by atoms with van der Waals surface area (Å²) >= 11 is 2.06. The lowest BCUT2D eigenvalue weighted by molar-refractivity contribution is 0.380. The van der Waals surface area contributed by atoms with E-state index in [1.54, 1.807) is 0 Å². The Labute approximate surface area is 98.8 Å². The van der Waals surface area contributed by atoms with Crippen LogP contribution in [0.15, 0.2) is 0 Å². The molecule has 2 aliphatic carbocycles. The summed E-state index contributed by atoms with van der Waals surface area (Å²) in [7, 11) is 0. The molecule has 0 bridgehead atoms. The average molecular weight is 227 g/mol. The summed E-state index contributed by atoms with van der Waals surface area (Å²) in [6.07, 6.45) is 7.44. The first-order valence-corrected chi connectivity index (χ1v) is 7.85. The van der Waals surface area contributed by atoms with Crippen LogP contribution >= 0.6 is 11.8 Å². The van der Waals surface area contributed by atoms with Crippen LogP contribution in [0.5, 0.6) is 0 Å². The van der Waals surface area contributed by atoms with Gasteiger partial charge in [0, 0.05) is 0 Å². The van der Waals surface area contributed by atoms with Gasteiger partial charge in [-0.25, -0.2) is 0 Å². The number of hydrogen-bond acceptors (Lipinski definition) is 2. The second-order valence-electron chi connectivity index (χ2n) is 5.09. The predicted octanol–water partition coefficient (Wildman–Crippen LogP) is 3.16. The Bertz CT molecular complexity index is 163. The lowest BCUT2D eigenvalue weighted by Crippen LogP contribution is -2.26. The minimum Gasteiger partial charge on any atom is -0.316 e. The minimum atomic E-state index is 1.05. The summed E-state index contributed by atoms with van der Waals surface area (Å²) < 4.78 is 0. The smallest absolute Gasteiger partial charge is 0.00152 e. The number of thioether (sulfide) groups is 1. The van der Waals surface area contributed by atoms with Crippen LogP contribution in [0.2, 0.25) is 0 Å². The van der Waals surface area contributed by atoms with E-state index in [4.69, 9.17) is 0 Å². The topological polar surface area (TPSA) is 12.0 Å². The van der Waals surface area contributed by atoms with E-state index in [-0.39, 0.29) is 0 Å². The molecule has 15 heavy (non-hydrogen) atoms. The van der Waals surface area contributed by atoms with E-state index in [1.807, 2.05) is 0 Å². The van der Waals surface area contributed by atoms with E-state index in [2.05, 4.69) is 24.0 Å². The van der Waals surface area contributed by atoms with E-state index in [0.717, 1.165) is 17.8 Å². The van der Waals surface area contributed by atoms with Crippen molar-refractivity contribution in [3.63, 3.8) is 0 Å². The van der Waals surface area contributed by atoms with Gasteiger partial charge in [-0.05, 0) is 74.5 Å². The van der Waals surface area contributed by atoms with E-state index in [1.165, 1.54) is 56.7 Å². The van der Waals surface area contributed by atoms with Gasteiger partial charge in [0.1, 0.15) is 0 Å². The van der Waals surface area contributed by atoms with Gasteiger partial charge in [-0.15, -0.1) is 0 Å². The number of hydrogen-bond donors (Lipinski definition) is 1. The average Bonchev–Trinajstić information content (AvgIpc) is 3.09.